The van der Waals surface area contributed by atoms with Crippen LogP contribution in [-0.2, 0) is 0 Å². The molecule has 3 rings (SSSR count). The minimum absolute atomic E-state index is 0.105. The summed E-state index contributed by atoms with van der Waals surface area (Å²) in [5, 5.41) is 14.6. The molecule has 0 radical (unpaired) electrons. The van der Waals surface area contributed by atoms with Crippen molar-refractivity contribution in [2.75, 3.05) is 0 Å². The maximum Gasteiger partial charge on any atom is 0.133 e. The van der Waals surface area contributed by atoms with Crippen LogP contribution in [0.2, 0.25) is 0 Å². The van der Waals surface area contributed by atoms with Gasteiger partial charge >= 0.3 is 0 Å². The molecule has 18 heavy (non-hydrogen) atoms. The van der Waals surface area contributed by atoms with Gasteiger partial charge in [-0.2, -0.15) is 0 Å². The van der Waals surface area contributed by atoms with Crippen molar-refractivity contribution in [3.8, 4) is 21.0 Å². The summed E-state index contributed by atoms with van der Waals surface area (Å²) < 4.78 is 0. The van der Waals surface area contributed by atoms with Crippen LogP contribution in [0.5, 0.6) is 0 Å². The van der Waals surface area contributed by atoms with Crippen LogP contribution in [0.3, 0.4) is 0 Å². The van der Waals surface area contributed by atoms with Gasteiger partial charge in [0.1, 0.15) is 10.8 Å². The van der Waals surface area contributed by atoms with Crippen LogP contribution in [0.1, 0.15) is 4.88 Å². The molecule has 90 valence electrons. The number of amidine groups is 1. The van der Waals surface area contributed by atoms with Crippen molar-refractivity contribution < 1.29 is 0 Å². The predicted octanol–water partition coefficient (Wildman–Crippen LogP) is 3.88. The van der Waals surface area contributed by atoms with Crippen LogP contribution in [0.25, 0.3) is 21.0 Å². The maximum atomic E-state index is 7.69. The first kappa shape index (κ1) is 11.6. The molecule has 6 heteroatoms. The number of nitrogens with zero attached hydrogens (tertiary/aromatic N) is 1. The Bertz CT molecular complexity index is 666. The minimum Gasteiger partial charge on any atom is -0.383 e. The second-order valence-corrected chi connectivity index (χ2v) is 6.30. The molecule has 0 atom stereocenters. The molecule has 0 bridgehead atoms. The zero-order valence-electron chi connectivity index (χ0n) is 9.21. The number of nitrogens with two attached hydrogens (primary N) is 1. The molecule has 3 N–H and O–H groups in total. The molecule has 0 spiro atoms. The lowest BCUT2D eigenvalue weighted by atomic mass is 10.1. The van der Waals surface area contributed by atoms with Gasteiger partial charge in [0.2, 0.25) is 0 Å². The number of rotatable bonds is 3. The van der Waals surface area contributed by atoms with Gasteiger partial charge in [0, 0.05) is 33.0 Å². The molecule has 0 saturated carbocycles. The van der Waals surface area contributed by atoms with E-state index in [1.807, 2.05) is 16.8 Å². The molecule has 0 amide bonds. The van der Waals surface area contributed by atoms with E-state index in [9.17, 15) is 0 Å². The highest BCUT2D eigenvalue weighted by molar-refractivity contribution is 7.17. The van der Waals surface area contributed by atoms with Crippen LogP contribution in [-0.4, -0.2) is 10.8 Å². The van der Waals surface area contributed by atoms with Gasteiger partial charge in [-0.15, -0.1) is 34.0 Å². The van der Waals surface area contributed by atoms with E-state index in [-0.39, 0.29) is 5.84 Å². The monoisotopic (exact) mass is 291 g/mol. The second-order valence-electron chi connectivity index (χ2n) is 3.58. The first-order chi connectivity index (χ1) is 8.77. The Morgan fingerprint density at radius 2 is 2.11 bits per heavy atom. The van der Waals surface area contributed by atoms with Crippen LogP contribution in [0.4, 0.5) is 0 Å². The first-order valence-corrected chi connectivity index (χ1v) is 7.81. The molecule has 0 aromatic carbocycles. The average molecular weight is 291 g/mol. The number of aromatic nitrogens is 1. The molecular formula is C12H9N3S3. The van der Waals surface area contributed by atoms with E-state index < -0.39 is 0 Å². The smallest absolute Gasteiger partial charge is 0.133 e. The quantitative estimate of drug-likeness (QED) is 0.568. The number of nitrogens with one attached hydrogen (secondary N) is 1. The van der Waals surface area contributed by atoms with E-state index in [1.54, 1.807) is 28.9 Å². The van der Waals surface area contributed by atoms with Gasteiger partial charge in [-0.3, -0.25) is 5.41 Å². The van der Waals surface area contributed by atoms with Crippen LogP contribution in [0, 0.1) is 5.41 Å². The fourth-order valence-electron chi connectivity index (χ4n) is 1.73. The molecule has 0 saturated heterocycles. The maximum absolute atomic E-state index is 7.69. The second kappa shape index (κ2) is 4.64. The molecule has 3 heterocycles. The summed E-state index contributed by atoms with van der Waals surface area (Å²) in [6.45, 7) is 0. The van der Waals surface area contributed by atoms with Crippen molar-refractivity contribution in [1.82, 2.24) is 4.98 Å². The first-order valence-electron chi connectivity index (χ1n) is 5.17. The zero-order chi connectivity index (χ0) is 12.5. The lowest BCUT2D eigenvalue weighted by Gasteiger charge is -2.02. The van der Waals surface area contributed by atoms with Crippen LogP contribution >= 0.6 is 34.0 Å². The van der Waals surface area contributed by atoms with E-state index >= 15 is 0 Å². The van der Waals surface area contributed by atoms with Gasteiger partial charge in [-0.05, 0) is 11.4 Å². The Morgan fingerprint density at radius 3 is 2.72 bits per heavy atom. The summed E-state index contributed by atoms with van der Waals surface area (Å²) in [6.07, 6.45) is 1.78. The Kier molecular flexibility index (Phi) is 2.99. The lowest BCUT2D eigenvalue weighted by Crippen LogP contribution is -2.10. The minimum atomic E-state index is 0.105. The van der Waals surface area contributed by atoms with E-state index in [4.69, 9.17) is 11.1 Å². The number of hydrogen-bond acceptors (Lipinski definition) is 5. The Labute approximate surface area is 116 Å². The van der Waals surface area contributed by atoms with Gasteiger partial charge in [0.05, 0.1) is 4.88 Å². The number of thiazole rings is 1. The highest BCUT2D eigenvalue weighted by Gasteiger charge is 2.19. The summed E-state index contributed by atoms with van der Waals surface area (Å²) in [6, 6.07) is 4.10. The average Bonchev–Trinajstić information content (AvgIpc) is 3.10. The lowest BCUT2D eigenvalue weighted by molar-refractivity contribution is 1.41. The highest BCUT2D eigenvalue weighted by atomic mass is 32.1. The molecule has 0 aliphatic heterocycles. The van der Waals surface area contributed by atoms with Gasteiger partial charge in [-0.25, -0.2) is 4.98 Å². The third-order valence-corrected chi connectivity index (χ3v) is 5.18. The topological polar surface area (TPSA) is 62.8 Å². The van der Waals surface area contributed by atoms with Crippen LogP contribution in [0.15, 0.2) is 34.5 Å². The normalized spacial score (nSPS) is 10.7. The van der Waals surface area contributed by atoms with Crippen LogP contribution < -0.4 is 5.73 Å². The standard InChI is InChI=1S/C12H9N3S3/c13-11(14)10-9(12-15-3-5-17-12)7(6-18-10)8-2-1-4-16-8/h1-6H,(H3,13,14). The van der Waals surface area contributed by atoms with Crippen molar-refractivity contribution in [3.05, 3.63) is 39.3 Å². The third-order valence-electron chi connectivity index (χ3n) is 2.47. The Hall–Kier alpha value is -1.50. The van der Waals surface area contributed by atoms with E-state index in [0.29, 0.717) is 0 Å². The molecule has 0 fully saturated rings. The molecule has 3 aromatic heterocycles. The molecule has 0 aliphatic rings. The van der Waals surface area contributed by atoms with Gasteiger partial charge in [0.15, 0.2) is 0 Å². The fourth-order valence-corrected chi connectivity index (χ4v) is 4.25. The largest absolute Gasteiger partial charge is 0.383 e. The SMILES string of the molecule is N=C(N)c1scc(-c2cccs2)c1-c1nccs1. The van der Waals surface area contributed by atoms with Gasteiger partial charge in [-0.1, -0.05) is 6.07 Å². The van der Waals surface area contributed by atoms with Crippen molar-refractivity contribution in [2.24, 2.45) is 5.73 Å². The molecule has 3 nitrogen and oxygen atoms in total. The Morgan fingerprint density at radius 1 is 1.22 bits per heavy atom. The summed E-state index contributed by atoms with van der Waals surface area (Å²) in [5.41, 5.74) is 7.77. The number of thiophene rings is 2. The van der Waals surface area contributed by atoms with E-state index in [0.717, 1.165) is 21.0 Å². The molecule has 0 aliphatic carbocycles. The van der Waals surface area contributed by atoms with E-state index in [1.165, 1.54) is 16.2 Å². The zero-order valence-corrected chi connectivity index (χ0v) is 11.7. The van der Waals surface area contributed by atoms with Crippen molar-refractivity contribution in [3.63, 3.8) is 0 Å². The summed E-state index contributed by atoms with van der Waals surface area (Å²) in [4.78, 5) is 6.33. The van der Waals surface area contributed by atoms with Gasteiger partial charge < -0.3 is 5.73 Å². The molecule has 0 unspecified atom stereocenters. The summed E-state index contributed by atoms with van der Waals surface area (Å²) in [7, 11) is 0. The fraction of sp³-hybridized carbons (Fsp3) is 0. The highest BCUT2D eigenvalue weighted by Crippen LogP contribution is 2.41. The molecule has 3 aromatic rings. The van der Waals surface area contributed by atoms with Crippen molar-refractivity contribution in [2.45, 2.75) is 0 Å². The number of nitrogen functional groups attached to an aromatic ring is 1. The molecular weight excluding hydrogens is 282 g/mol. The van der Waals surface area contributed by atoms with E-state index in [2.05, 4.69) is 16.4 Å². The third kappa shape index (κ3) is 1.88. The Balaban J connectivity index is 2.25. The van der Waals surface area contributed by atoms with Crippen molar-refractivity contribution >= 4 is 39.8 Å². The predicted molar refractivity (Wildman–Crippen MR) is 79.8 cm³/mol. The number of hydrogen-bond donors (Lipinski definition) is 2. The van der Waals surface area contributed by atoms with Crippen molar-refractivity contribution in [1.29, 1.82) is 5.41 Å². The summed E-state index contributed by atoms with van der Waals surface area (Å²) >= 11 is 4.76. The summed E-state index contributed by atoms with van der Waals surface area (Å²) in [5.74, 6) is 0.105. The van der Waals surface area contributed by atoms with Gasteiger partial charge in [0.25, 0.3) is 0 Å².